The Morgan fingerprint density at radius 3 is 2.13 bits per heavy atom. The molecule has 30 heavy (non-hydrogen) atoms. The molecule has 5 heteroatoms. The molecule has 5 fully saturated rings. The normalized spacial score (nSPS) is 34.6. The number of anilines is 2. The molecule has 0 radical (unpaired) electrons. The molecule has 5 nitrogen and oxygen atoms in total. The largest absolute Gasteiger partial charge is 0.378 e. The summed E-state index contributed by atoms with van der Waals surface area (Å²) >= 11 is 0. The fourth-order valence-corrected chi connectivity index (χ4v) is 7.16. The predicted molar refractivity (Wildman–Crippen MR) is 121 cm³/mol. The zero-order chi connectivity index (χ0) is 20.7. The second kappa shape index (κ2) is 8.16. The van der Waals surface area contributed by atoms with E-state index in [2.05, 4.69) is 34.6 Å². The van der Waals surface area contributed by atoms with Gasteiger partial charge in [-0.3, -0.25) is 4.79 Å². The summed E-state index contributed by atoms with van der Waals surface area (Å²) in [5.74, 6) is 2.88. The van der Waals surface area contributed by atoms with Crippen LogP contribution in [0.15, 0.2) is 24.3 Å². The van der Waals surface area contributed by atoms with Gasteiger partial charge in [-0.25, -0.2) is 0 Å². The van der Waals surface area contributed by atoms with E-state index >= 15 is 0 Å². The third-order valence-electron chi connectivity index (χ3n) is 8.41. The fraction of sp³-hybridized carbons (Fsp3) is 0.720. The van der Waals surface area contributed by atoms with Gasteiger partial charge in [0.05, 0.1) is 19.3 Å². The molecule has 5 aliphatic rings. The molecule has 0 aromatic heterocycles. The zero-order valence-electron chi connectivity index (χ0n) is 18.5. The van der Waals surface area contributed by atoms with E-state index in [0.717, 1.165) is 49.7 Å². The molecule has 1 saturated heterocycles. The highest BCUT2D eigenvalue weighted by Gasteiger charge is 2.53. The number of carbonyl (C=O) groups is 1. The molecule has 2 atom stereocenters. The summed E-state index contributed by atoms with van der Waals surface area (Å²) in [6.07, 6.45) is 8.48. The summed E-state index contributed by atoms with van der Waals surface area (Å²) in [4.78, 5) is 15.2. The Morgan fingerprint density at radius 2 is 1.57 bits per heavy atom. The highest BCUT2D eigenvalue weighted by molar-refractivity contribution is 5.94. The van der Waals surface area contributed by atoms with Gasteiger partial charge in [0.15, 0.2) is 0 Å². The van der Waals surface area contributed by atoms with Gasteiger partial charge in [0.2, 0.25) is 5.91 Å². The lowest BCUT2D eigenvalue weighted by Gasteiger charge is -2.59. The Labute approximate surface area is 180 Å². The fourth-order valence-electron chi connectivity index (χ4n) is 7.16. The molecule has 0 spiro atoms. The Hall–Kier alpha value is -1.59. The second-order valence-corrected chi connectivity index (χ2v) is 10.5. The van der Waals surface area contributed by atoms with Crippen LogP contribution in [0.5, 0.6) is 0 Å². The summed E-state index contributed by atoms with van der Waals surface area (Å²) in [5.41, 5.74) is 2.48. The van der Waals surface area contributed by atoms with Crippen LogP contribution in [-0.2, 0) is 9.53 Å². The first kappa shape index (κ1) is 20.3. The van der Waals surface area contributed by atoms with Gasteiger partial charge in [-0.05, 0) is 99.8 Å². The highest BCUT2D eigenvalue weighted by Crippen LogP contribution is 2.61. The van der Waals surface area contributed by atoms with E-state index in [1.54, 1.807) is 0 Å². The molecule has 164 valence electrons. The van der Waals surface area contributed by atoms with Crippen molar-refractivity contribution >= 4 is 17.3 Å². The van der Waals surface area contributed by atoms with Crippen molar-refractivity contribution in [1.82, 2.24) is 5.32 Å². The molecule has 6 rings (SSSR count). The van der Waals surface area contributed by atoms with Gasteiger partial charge in [-0.2, -0.15) is 0 Å². The van der Waals surface area contributed by atoms with Crippen LogP contribution in [0.3, 0.4) is 0 Å². The van der Waals surface area contributed by atoms with Crippen molar-refractivity contribution in [2.45, 2.75) is 64.5 Å². The van der Waals surface area contributed by atoms with E-state index < -0.39 is 0 Å². The molecule has 4 saturated carbocycles. The number of hydrogen-bond donors (Lipinski definition) is 2. The summed E-state index contributed by atoms with van der Waals surface area (Å²) in [6.45, 7) is 7.75. The van der Waals surface area contributed by atoms with E-state index in [9.17, 15) is 4.79 Å². The van der Waals surface area contributed by atoms with Crippen LogP contribution >= 0.6 is 0 Å². The monoisotopic (exact) mass is 411 g/mol. The summed E-state index contributed by atoms with van der Waals surface area (Å²) in [7, 11) is 0. The summed E-state index contributed by atoms with van der Waals surface area (Å²) in [6, 6.07) is 8.42. The molecule has 1 aromatic carbocycles. The van der Waals surface area contributed by atoms with Gasteiger partial charge in [0.1, 0.15) is 0 Å². The van der Waals surface area contributed by atoms with Crippen LogP contribution in [-0.4, -0.2) is 44.3 Å². The van der Waals surface area contributed by atoms with Gasteiger partial charge < -0.3 is 20.3 Å². The van der Waals surface area contributed by atoms with Crippen LogP contribution in [0.4, 0.5) is 11.4 Å². The van der Waals surface area contributed by atoms with Crippen molar-refractivity contribution in [3.05, 3.63) is 24.3 Å². The molecular formula is C25H37N3O2. The lowest BCUT2D eigenvalue weighted by atomic mass is 9.48. The van der Waals surface area contributed by atoms with Gasteiger partial charge in [-0.1, -0.05) is 0 Å². The first-order chi connectivity index (χ1) is 14.5. The molecule has 4 bridgehead atoms. The average Bonchev–Trinajstić information content (AvgIpc) is 2.74. The molecule has 1 heterocycles. The van der Waals surface area contributed by atoms with E-state index in [4.69, 9.17) is 4.74 Å². The SMILES string of the molecule is C[C@H](N[C@H](C)C(=O)Nc1ccc(N2CCOCC2)cc1)C12CC3CC(CC(C3)C1)C2. The predicted octanol–water partition coefficient (Wildman–Crippen LogP) is 4.04. The van der Waals surface area contributed by atoms with Crippen LogP contribution < -0.4 is 15.5 Å². The van der Waals surface area contributed by atoms with Crippen molar-refractivity contribution in [1.29, 1.82) is 0 Å². The summed E-state index contributed by atoms with van der Waals surface area (Å²) in [5, 5.41) is 6.79. The number of amides is 1. The molecule has 4 aliphatic carbocycles. The van der Waals surface area contributed by atoms with Gasteiger partial charge in [0.25, 0.3) is 0 Å². The van der Waals surface area contributed by atoms with Gasteiger partial charge in [0, 0.05) is 30.5 Å². The van der Waals surface area contributed by atoms with Crippen molar-refractivity contribution in [3.8, 4) is 0 Å². The van der Waals surface area contributed by atoms with Crippen LogP contribution in [0.25, 0.3) is 0 Å². The van der Waals surface area contributed by atoms with Crippen LogP contribution in [0.2, 0.25) is 0 Å². The maximum Gasteiger partial charge on any atom is 0.241 e. The number of carbonyl (C=O) groups excluding carboxylic acids is 1. The Balaban J connectivity index is 1.16. The molecule has 1 aromatic rings. The minimum atomic E-state index is -0.188. The molecular weight excluding hydrogens is 374 g/mol. The number of nitrogens with zero attached hydrogens (tertiary/aromatic N) is 1. The molecule has 2 N–H and O–H groups in total. The Bertz CT molecular complexity index is 721. The maximum absolute atomic E-state index is 12.9. The topological polar surface area (TPSA) is 53.6 Å². The Morgan fingerprint density at radius 1 is 1.00 bits per heavy atom. The minimum absolute atomic E-state index is 0.0608. The first-order valence-electron chi connectivity index (χ1n) is 12.0. The number of morpholine rings is 1. The quantitative estimate of drug-likeness (QED) is 0.742. The standard InChI is InChI=1S/C25H37N3O2/c1-17(26-18(2)25-14-19-11-20(15-25)13-21(12-19)16-25)24(29)27-22-3-5-23(6-4-22)28-7-9-30-10-8-28/h3-6,17-21,26H,7-16H2,1-2H3,(H,27,29)/t17-,18+,19?,20?,21?,25?/m1/s1. The molecule has 0 unspecified atom stereocenters. The average molecular weight is 412 g/mol. The smallest absolute Gasteiger partial charge is 0.241 e. The molecule has 1 amide bonds. The van der Waals surface area contributed by atoms with Gasteiger partial charge >= 0.3 is 0 Å². The van der Waals surface area contributed by atoms with E-state index in [1.165, 1.54) is 44.2 Å². The third kappa shape index (κ3) is 3.99. The van der Waals surface area contributed by atoms with Gasteiger partial charge in [-0.15, -0.1) is 0 Å². The number of hydrogen-bond acceptors (Lipinski definition) is 4. The minimum Gasteiger partial charge on any atom is -0.378 e. The third-order valence-corrected chi connectivity index (χ3v) is 8.41. The Kier molecular flexibility index (Phi) is 5.53. The lowest BCUT2D eigenvalue weighted by molar-refractivity contribution is -0.119. The molecule has 1 aliphatic heterocycles. The number of nitrogens with one attached hydrogen (secondary N) is 2. The zero-order valence-corrected chi connectivity index (χ0v) is 18.5. The maximum atomic E-state index is 12.9. The second-order valence-electron chi connectivity index (χ2n) is 10.5. The van der Waals surface area contributed by atoms with Crippen molar-refractivity contribution in [2.24, 2.45) is 23.2 Å². The van der Waals surface area contributed by atoms with Crippen molar-refractivity contribution in [3.63, 3.8) is 0 Å². The first-order valence-corrected chi connectivity index (χ1v) is 12.0. The number of benzene rings is 1. The van der Waals surface area contributed by atoms with E-state index in [1.807, 2.05) is 19.1 Å². The van der Waals surface area contributed by atoms with Crippen molar-refractivity contribution in [2.75, 3.05) is 36.5 Å². The van der Waals surface area contributed by atoms with Crippen LogP contribution in [0, 0.1) is 23.2 Å². The number of rotatable bonds is 6. The lowest BCUT2D eigenvalue weighted by Crippen LogP contribution is -2.57. The van der Waals surface area contributed by atoms with E-state index in [-0.39, 0.29) is 11.9 Å². The highest BCUT2D eigenvalue weighted by atomic mass is 16.5. The summed E-state index contributed by atoms with van der Waals surface area (Å²) < 4.78 is 5.43. The van der Waals surface area contributed by atoms with E-state index in [0.29, 0.717) is 11.5 Å². The van der Waals surface area contributed by atoms with Crippen LogP contribution in [0.1, 0.15) is 52.4 Å². The number of ether oxygens (including phenoxy) is 1. The van der Waals surface area contributed by atoms with Crippen molar-refractivity contribution < 1.29 is 9.53 Å².